The summed E-state index contributed by atoms with van der Waals surface area (Å²) in [5.41, 5.74) is 0. The molecule has 0 spiro atoms. The van der Waals surface area contributed by atoms with Gasteiger partial charge in [-0.3, -0.25) is 4.79 Å². The Balaban J connectivity index is 2.48. The molecule has 1 N–H and O–H groups in total. The van der Waals surface area contributed by atoms with Crippen molar-refractivity contribution in [3.63, 3.8) is 0 Å². The second kappa shape index (κ2) is 4.75. The van der Waals surface area contributed by atoms with Crippen molar-refractivity contribution in [3.05, 3.63) is 0 Å². The molecule has 0 aromatic heterocycles. The lowest BCUT2D eigenvalue weighted by Crippen LogP contribution is -2.38. The predicted octanol–water partition coefficient (Wildman–Crippen LogP) is -0.223. The van der Waals surface area contributed by atoms with E-state index in [0.29, 0.717) is 6.42 Å². The van der Waals surface area contributed by atoms with Crippen LogP contribution in [0.1, 0.15) is 13.3 Å². The minimum atomic E-state index is 0.116. The monoisotopic (exact) mass is 200 g/mol. The van der Waals surface area contributed by atoms with Crippen LogP contribution in [0.5, 0.6) is 0 Å². The maximum Gasteiger partial charge on any atom is 0.223 e. The van der Waals surface area contributed by atoms with Crippen LogP contribution in [0, 0.1) is 5.92 Å². The van der Waals surface area contributed by atoms with Crippen molar-refractivity contribution < 1.29 is 9.90 Å². The Bertz CT molecular complexity index is 206. The van der Waals surface area contributed by atoms with Gasteiger partial charge in [-0.2, -0.15) is 0 Å². The van der Waals surface area contributed by atoms with Gasteiger partial charge in [-0.15, -0.1) is 0 Å². The molecule has 1 amide bonds. The van der Waals surface area contributed by atoms with Gasteiger partial charge in [0.05, 0.1) is 0 Å². The van der Waals surface area contributed by atoms with Gasteiger partial charge in [0.1, 0.15) is 0 Å². The molecule has 1 fully saturated rings. The highest BCUT2D eigenvalue weighted by molar-refractivity contribution is 5.79. The number of rotatable bonds is 4. The number of hydrogen-bond acceptors (Lipinski definition) is 3. The Labute approximate surface area is 85.5 Å². The number of amides is 1. The molecule has 0 aliphatic carbocycles. The molecule has 2 unspecified atom stereocenters. The molecule has 0 saturated carbocycles. The van der Waals surface area contributed by atoms with Crippen molar-refractivity contribution in [1.82, 2.24) is 9.80 Å². The molecule has 0 bridgehead atoms. The van der Waals surface area contributed by atoms with E-state index in [1.165, 1.54) is 0 Å². The summed E-state index contributed by atoms with van der Waals surface area (Å²) in [4.78, 5) is 15.5. The lowest BCUT2D eigenvalue weighted by atomic mass is 10.0. The molecule has 0 aromatic rings. The highest BCUT2D eigenvalue weighted by Crippen LogP contribution is 2.24. The number of hydrogen-bond donors (Lipinski definition) is 1. The van der Waals surface area contributed by atoms with Crippen LogP contribution in [0.2, 0.25) is 0 Å². The van der Waals surface area contributed by atoms with Gasteiger partial charge in [0, 0.05) is 38.1 Å². The third kappa shape index (κ3) is 2.45. The van der Waals surface area contributed by atoms with Gasteiger partial charge >= 0.3 is 0 Å². The first-order valence-electron chi connectivity index (χ1n) is 5.11. The molecule has 1 saturated heterocycles. The quantitative estimate of drug-likeness (QED) is 0.682. The molecular formula is C10H20N2O2. The molecule has 1 aliphatic rings. The van der Waals surface area contributed by atoms with Crippen molar-refractivity contribution in [2.45, 2.75) is 19.4 Å². The fraction of sp³-hybridized carbons (Fsp3) is 0.900. The van der Waals surface area contributed by atoms with Crippen LogP contribution in [0.4, 0.5) is 0 Å². The summed E-state index contributed by atoms with van der Waals surface area (Å²) in [7, 11) is 3.99. The van der Waals surface area contributed by atoms with E-state index in [-0.39, 0.29) is 24.5 Å². The van der Waals surface area contributed by atoms with Crippen molar-refractivity contribution >= 4 is 5.91 Å². The average molecular weight is 200 g/mol. The second-order valence-electron chi connectivity index (χ2n) is 4.28. The third-order valence-corrected chi connectivity index (χ3v) is 2.95. The predicted molar refractivity (Wildman–Crippen MR) is 54.9 cm³/mol. The Kier molecular flexibility index (Phi) is 3.89. The number of carbonyl (C=O) groups is 1. The van der Waals surface area contributed by atoms with Crippen LogP contribution in [-0.2, 0) is 4.79 Å². The van der Waals surface area contributed by atoms with Crippen molar-refractivity contribution in [3.8, 4) is 0 Å². The van der Waals surface area contributed by atoms with Crippen LogP contribution < -0.4 is 0 Å². The molecule has 2 atom stereocenters. The van der Waals surface area contributed by atoms with Gasteiger partial charge in [0.2, 0.25) is 5.91 Å². The Hall–Kier alpha value is -0.610. The number of likely N-dealkylation sites (N-methyl/N-ethyl adjacent to an activating group) is 1. The molecule has 82 valence electrons. The first-order valence-corrected chi connectivity index (χ1v) is 5.11. The Morgan fingerprint density at radius 1 is 1.57 bits per heavy atom. The van der Waals surface area contributed by atoms with Crippen molar-refractivity contribution in [2.75, 3.05) is 33.8 Å². The van der Waals surface area contributed by atoms with Crippen LogP contribution in [0.25, 0.3) is 0 Å². The molecule has 1 rings (SSSR count). The van der Waals surface area contributed by atoms with Crippen LogP contribution in [0.15, 0.2) is 0 Å². The zero-order chi connectivity index (χ0) is 10.7. The Morgan fingerprint density at radius 3 is 2.64 bits per heavy atom. The first kappa shape index (κ1) is 11.5. The molecule has 0 radical (unpaired) electrons. The van der Waals surface area contributed by atoms with E-state index in [0.717, 1.165) is 13.1 Å². The summed E-state index contributed by atoms with van der Waals surface area (Å²) >= 11 is 0. The van der Waals surface area contributed by atoms with E-state index in [9.17, 15) is 4.79 Å². The lowest BCUT2D eigenvalue weighted by Gasteiger charge is -2.25. The SMILES string of the molecule is CC1C(CO)CC(=O)N1CCN(C)C. The third-order valence-electron chi connectivity index (χ3n) is 2.95. The summed E-state index contributed by atoms with van der Waals surface area (Å²) in [6.45, 7) is 3.78. The highest BCUT2D eigenvalue weighted by Gasteiger charge is 2.35. The van der Waals surface area contributed by atoms with E-state index in [2.05, 4.69) is 4.90 Å². The van der Waals surface area contributed by atoms with Gasteiger partial charge in [-0.25, -0.2) is 0 Å². The minimum Gasteiger partial charge on any atom is -0.396 e. The van der Waals surface area contributed by atoms with Gasteiger partial charge in [0.15, 0.2) is 0 Å². The van der Waals surface area contributed by atoms with E-state index < -0.39 is 0 Å². The highest BCUT2D eigenvalue weighted by atomic mass is 16.3. The number of aliphatic hydroxyl groups excluding tert-OH is 1. The normalized spacial score (nSPS) is 27.8. The average Bonchev–Trinajstić information content (AvgIpc) is 2.39. The summed E-state index contributed by atoms with van der Waals surface area (Å²) in [5.74, 6) is 0.308. The zero-order valence-corrected chi connectivity index (χ0v) is 9.23. The van der Waals surface area contributed by atoms with Gasteiger partial charge in [-0.05, 0) is 21.0 Å². The topological polar surface area (TPSA) is 43.8 Å². The fourth-order valence-corrected chi connectivity index (χ4v) is 1.85. The number of aliphatic hydroxyl groups is 1. The fourth-order valence-electron chi connectivity index (χ4n) is 1.85. The summed E-state index contributed by atoms with van der Waals surface area (Å²) in [5, 5.41) is 9.06. The molecule has 4 heteroatoms. The maximum atomic E-state index is 11.6. The molecule has 1 heterocycles. The Morgan fingerprint density at radius 2 is 2.21 bits per heavy atom. The lowest BCUT2D eigenvalue weighted by molar-refractivity contribution is -0.128. The number of nitrogens with zero attached hydrogens (tertiary/aromatic N) is 2. The van der Waals surface area contributed by atoms with Gasteiger partial charge < -0.3 is 14.9 Å². The van der Waals surface area contributed by atoms with Crippen LogP contribution >= 0.6 is 0 Å². The van der Waals surface area contributed by atoms with E-state index >= 15 is 0 Å². The van der Waals surface area contributed by atoms with Crippen LogP contribution in [-0.4, -0.2) is 60.6 Å². The summed E-state index contributed by atoms with van der Waals surface area (Å²) in [6, 6.07) is 0.187. The van der Waals surface area contributed by atoms with Gasteiger partial charge in [0.25, 0.3) is 0 Å². The zero-order valence-electron chi connectivity index (χ0n) is 9.23. The second-order valence-corrected chi connectivity index (χ2v) is 4.28. The molecule has 0 aromatic carbocycles. The van der Waals surface area contributed by atoms with E-state index in [4.69, 9.17) is 5.11 Å². The standard InChI is InChI=1S/C10H20N2O2/c1-8-9(7-13)6-10(14)12(8)5-4-11(2)3/h8-9,13H,4-7H2,1-3H3. The number of carbonyl (C=O) groups excluding carboxylic acids is 1. The largest absolute Gasteiger partial charge is 0.396 e. The van der Waals surface area contributed by atoms with E-state index in [1.807, 2.05) is 25.9 Å². The van der Waals surface area contributed by atoms with Crippen molar-refractivity contribution in [1.29, 1.82) is 0 Å². The first-order chi connectivity index (χ1) is 6.56. The van der Waals surface area contributed by atoms with Gasteiger partial charge in [-0.1, -0.05) is 0 Å². The summed E-state index contributed by atoms with van der Waals surface area (Å²) < 4.78 is 0. The number of likely N-dealkylation sites (tertiary alicyclic amines) is 1. The van der Waals surface area contributed by atoms with E-state index in [1.54, 1.807) is 0 Å². The molecule has 1 aliphatic heterocycles. The van der Waals surface area contributed by atoms with Crippen LogP contribution in [0.3, 0.4) is 0 Å². The molecular weight excluding hydrogens is 180 g/mol. The maximum absolute atomic E-state index is 11.6. The minimum absolute atomic E-state index is 0.116. The molecule has 4 nitrogen and oxygen atoms in total. The molecule has 14 heavy (non-hydrogen) atoms. The summed E-state index contributed by atoms with van der Waals surface area (Å²) in [6.07, 6.45) is 0.505. The smallest absolute Gasteiger partial charge is 0.223 e. The van der Waals surface area contributed by atoms with Crippen molar-refractivity contribution in [2.24, 2.45) is 5.92 Å².